The number of phenolic OH excluding ortho intramolecular Hbond substituents is 2. The van der Waals surface area contributed by atoms with Gasteiger partial charge in [0.1, 0.15) is 47.8 Å². The van der Waals surface area contributed by atoms with Crippen LogP contribution in [0.3, 0.4) is 0 Å². The zero-order chi connectivity index (χ0) is 60.4. The highest BCUT2D eigenvalue weighted by Gasteiger charge is 2.41. The van der Waals surface area contributed by atoms with Crippen LogP contribution in [0.15, 0.2) is 97.1 Å². The summed E-state index contributed by atoms with van der Waals surface area (Å²) in [7, 11) is 0. The Bertz CT molecular complexity index is 3260. The summed E-state index contributed by atoms with van der Waals surface area (Å²) in [5, 5.41) is 52.3. The van der Waals surface area contributed by atoms with E-state index in [4.69, 9.17) is 28.4 Å². The highest BCUT2D eigenvalue weighted by Crippen LogP contribution is 2.44. The molecule has 2 aliphatic carbocycles. The molecule has 22 heteroatoms. The van der Waals surface area contributed by atoms with Gasteiger partial charge in [0.2, 0.25) is 12.2 Å². The summed E-state index contributed by atoms with van der Waals surface area (Å²) in [6, 6.07) is 26.7. The topological polar surface area (TPSA) is 313 Å². The van der Waals surface area contributed by atoms with E-state index in [-0.39, 0.29) is 35.8 Å². The molecule has 0 radical (unpaired) electrons. The minimum atomic E-state index is -2.22. The molecule has 8 N–H and O–H groups in total. The van der Waals surface area contributed by atoms with E-state index in [2.05, 4.69) is 31.2 Å². The van der Waals surface area contributed by atoms with E-state index in [0.29, 0.717) is 82.5 Å². The lowest BCUT2D eigenvalue weighted by molar-refractivity contribution is -0.166. The molecule has 4 atom stereocenters. The number of carbonyl (C=O) groups excluding carboxylic acids is 4. The van der Waals surface area contributed by atoms with E-state index in [1.165, 1.54) is 49.9 Å². The summed E-state index contributed by atoms with van der Waals surface area (Å²) in [5.41, 5.74) is 8.19. The molecule has 2 aromatic heterocycles. The third kappa shape index (κ3) is 15.0. The Morgan fingerprint density at radius 1 is 0.570 bits per heavy atom. The lowest BCUT2D eigenvalue weighted by Gasteiger charge is -2.28. The van der Waals surface area contributed by atoms with Gasteiger partial charge in [0.05, 0.1) is 46.9 Å². The number of fused-ring (bicyclic) bond motifs is 2. The van der Waals surface area contributed by atoms with Gasteiger partial charge in [-0.2, -0.15) is 0 Å². The van der Waals surface area contributed by atoms with Crippen LogP contribution in [0.4, 0.5) is 21.2 Å². The highest BCUT2D eigenvalue weighted by atomic mass is 16.6. The minimum absolute atomic E-state index is 0.0332. The van der Waals surface area contributed by atoms with Crippen LogP contribution in [-0.2, 0) is 41.8 Å². The number of aromatic hydroxyl groups is 2. The maximum atomic E-state index is 12.2. The second kappa shape index (κ2) is 27.2. The molecule has 2 saturated carbocycles. The number of carboxylic acids is 2. The predicted molar refractivity (Wildman–Crippen MR) is 312 cm³/mol. The second-order valence-electron chi connectivity index (χ2n) is 22.2. The zero-order valence-electron chi connectivity index (χ0n) is 47.6. The van der Waals surface area contributed by atoms with Gasteiger partial charge in [-0.15, -0.1) is 0 Å². The largest absolute Gasteiger partial charge is 0.507 e. The number of aryl methyl sites for hydroxylation is 2. The number of piperidine rings is 2. The van der Waals surface area contributed by atoms with Crippen molar-refractivity contribution in [3.05, 3.63) is 142 Å². The summed E-state index contributed by atoms with van der Waals surface area (Å²) in [6.45, 7) is 9.07. The Kier molecular flexibility index (Phi) is 18.9. The molecular weight excluding hydrogens is 1110 g/mol. The molecule has 2 saturated heterocycles. The number of ether oxygens (including phenoxy) is 6. The van der Waals surface area contributed by atoms with Crippen molar-refractivity contribution in [2.45, 2.75) is 102 Å². The fourth-order valence-corrected chi connectivity index (χ4v) is 10.5. The Morgan fingerprint density at radius 2 is 0.965 bits per heavy atom. The number of carboxylic acid groups (broad SMARTS) is 2. The van der Waals surface area contributed by atoms with Crippen molar-refractivity contribution in [3.8, 4) is 45.5 Å². The van der Waals surface area contributed by atoms with Gasteiger partial charge < -0.3 is 59.5 Å². The fourth-order valence-electron chi connectivity index (χ4n) is 10.5. The number of carbonyl (C=O) groups is 6. The fraction of sp³-hybridized carbons (Fsp3) is 0.375. The van der Waals surface area contributed by atoms with Crippen LogP contribution in [0.5, 0.6) is 23.0 Å². The number of pyridine rings is 2. The molecule has 12 rings (SSSR count). The Labute approximate surface area is 495 Å². The van der Waals surface area contributed by atoms with Crippen molar-refractivity contribution in [3.63, 3.8) is 0 Å². The molecule has 2 amide bonds. The SMILES string of the molecule is Cc1ccc(C(=O)O[C@@H](C(=O)O)[C@@H](OC(=O)c2ccc(C)cc2)C(=O)O)cc1.O=C1Nc2nc(-c3c(O)cccc3OCC3CC3)cc(C3CCCNC3)c2CO1.O=C1Nc2nc(-c3c(O)cccc3OCC3CC3)cc([C@@H]3CCCNC3)c2CO1. The van der Waals surface area contributed by atoms with Crippen molar-refractivity contribution in [1.82, 2.24) is 20.6 Å². The monoisotopic (exact) mass is 1180 g/mol. The third-order valence-electron chi connectivity index (χ3n) is 15.6. The summed E-state index contributed by atoms with van der Waals surface area (Å²) in [4.78, 5) is 80.3. The van der Waals surface area contributed by atoms with Crippen LogP contribution >= 0.6 is 0 Å². The molecule has 450 valence electrons. The first-order valence-electron chi connectivity index (χ1n) is 28.8. The number of anilines is 2. The zero-order valence-corrected chi connectivity index (χ0v) is 47.6. The van der Waals surface area contributed by atoms with Gasteiger partial charge in [0.15, 0.2) is 0 Å². The molecule has 0 spiro atoms. The number of aromatic nitrogens is 2. The number of phenols is 2. The molecule has 0 bridgehead atoms. The summed E-state index contributed by atoms with van der Waals surface area (Å²) >= 11 is 0. The molecular formula is C64H68N6O16. The molecule has 1 unspecified atom stereocenters. The van der Waals surface area contributed by atoms with Gasteiger partial charge in [-0.1, -0.05) is 47.5 Å². The molecule has 86 heavy (non-hydrogen) atoms. The molecule has 22 nitrogen and oxygen atoms in total. The van der Waals surface area contributed by atoms with Gasteiger partial charge in [0.25, 0.3) is 0 Å². The maximum absolute atomic E-state index is 12.2. The molecule has 6 heterocycles. The van der Waals surface area contributed by atoms with Gasteiger partial charge >= 0.3 is 36.1 Å². The van der Waals surface area contributed by atoms with Crippen molar-refractivity contribution in [2.24, 2.45) is 11.8 Å². The summed E-state index contributed by atoms with van der Waals surface area (Å²) in [6.07, 6.45) is 3.62. The van der Waals surface area contributed by atoms with Crippen LogP contribution in [0.25, 0.3) is 22.5 Å². The van der Waals surface area contributed by atoms with E-state index in [1.54, 1.807) is 62.4 Å². The lowest BCUT2D eigenvalue weighted by Crippen LogP contribution is -2.45. The van der Waals surface area contributed by atoms with Crippen LogP contribution in [-0.4, -0.2) is 118 Å². The Hall–Kier alpha value is -9.28. The third-order valence-corrected chi connectivity index (χ3v) is 15.6. The number of amides is 2. The molecule has 4 aromatic carbocycles. The van der Waals surface area contributed by atoms with Gasteiger partial charge in [-0.25, -0.2) is 38.7 Å². The standard InChI is InChI=1S/2C22H25N3O4.C20H18O8/c2*26-18-4-1-5-19(28-11-13-6-7-13)20(18)17-9-15(14-3-2-8-23-10-14)16-12-29-22(27)25-21(16)24-17;1-11-3-7-13(8-4-11)19(25)27-15(17(21)22)16(18(23)24)28-20(26)14-9-5-12(2)6-10-14/h2*1,4-5,9,13-14,23,26H,2-3,6-8,10-12H2,(H,24,25,27);3-10,15-16H,1-2H3,(H,21,22)(H,23,24)/t14-;;15-,16-/m1.1/s1. The van der Waals surface area contributed by atoms with Crippen LogP contribution < -0.4 is 30.7 Å². The molecule has 6 aliphatic rings. The van der Waals surface area contributed by atoms with E-state index in [9.17, 15) is 49.2 Å². The van der Waals surface area contributed by atoms with E-state index < -0.39 is 48.3 Å². The summed E-state index contributed by atoms with van der Waals surface area (Å²) < 4.78 is 32.1. The number of cyclic esters (lactones) is 2. The Morgan fingerprint density at radius 3 is 1.31 bits per heavy atom. The van der Waals surface area contributed by atoms with Crippen molar-refractivity contribution in [2.75, 3.05) is 50.0 Å². The molecule has 4 fully saturated rings. The summed E-state index contributed by atoms with van der Waals surface area (Å²) in [5.74, 6) is -1.31. The van der Waals surface area contributed by atoms with Crippen molar-refractivity contribution >= 4 is 47.7 Å². The average Bonchev–Trinajstić information content (AvgIpc) is 2.07. The number of esters is 2. The molecule has 6 aromatic rings. The van der Waals surface area contributed by atoms with Crippen molar-refractivity contribution < 1.29 is 77.6 Å². The smallest absolute Gasteiger partial charge is 0.413 e. The number of hydrogen-bond acceptors (Lipinski definition) is 18. The predicted octanol–water partition coefficient (Wildman–Crippen LogP) is 9.77. The number of nitrogens with zero attached hydrogens (tertiary/aromatic N) is 2. The minimum Gasteiger partial charge on any atom is -0.507 e. The van der Waals surface area contributed by atoms with Crippen LogP contribution in [0.2, 0.25) is 0 Å². The number of nitrogens with one attached hydrogen (secondary N) is 4. The number of hydrogen-bond donors (Lipinski definition) is 8. The molecule has 4 aliphatic heterocycles. The second-order valence-corrected chi connectivity index (χ2v) is 22.2. The van der Waals surface area contributed by atoms with Crippen LogP contribution in [0, 0.1) is 25.7 Å². The van der Waals surface area contributed by atoms with Gasteiger partial charge in [-0.3, -0.25) is 10.6 Å². The van der Waals surface area contributed by atoms with E-state index in [0.717, 1.165) is 85.2 Å². The lowest BCUT2D eigenvalue weighted by atomic mass is 9.87. The van der Waals surface area contributed by atoms with Gasteiger partial charge in [0, 0.05) is 24.2 Å². The normalized spacial score (nSPS) is 18.3. The first kappa shape index (κ1) is 59.9. The van der Waals surface area contributed by atoms with Gasteiger partial charge in [-0.05, 0) is 174 Å². The Balaban J connectivity index is 0.000000143. The van der Waals surface area contributed by atoms with E-state index >= 15 is 0 Å². The van der Waals surface area contributed by atoms with Crippen LogP contribution in [0.1, 0.15) is 117 Å². The first-order chi connectivity index (χ1) is 41.6. The first-order valence-corrected chi connectivity index (χ1v) is 28.8. The number of benzene rings is 4. The number of aliphatic carboxylic acids is 2. The van der Waals surface area contributed by atoms with Crippen molar-refractivity contribution in [1.29, 1.82) is 0 Å². The quantitative estimate of drug-likeness (QED) is 0.0311. The highest BCUT2D eigenvalue weighted by molar-refractivity contribution is 5.95. The average molecular weight is 1180 g/mol. The van der Waals surface area contributed by atoms with E-state index in [1.807, 2.05) is 24.3 Å². The number of rotatable bonds is 17. The maximum Gasteiger partial charge on any atom is 0.413 e.